The molecule has 0 aliphatic carbocycles. The second kappa shape index (κ2) is 6.62. The van der Waals surface area contributed by atoms with Crippen molar-refractivity contribution < 1.29 is 4.74 Å². The second-order valence-corrected chi connectivity index (χ2v) is 4.67. The van der Waals surface area contributed by atoms with Crippen molar-refractivity contribution in [1.29, 1.82) is 0 Å². The van der Waals surface area contributed by atoms with Crippen molar-refractivity contribution in [2.75, 3.05) is 26.7 Å². The predicted octanol–water partition coefficient (Wildman–Crippen LogP) is 1.78. The number of methoxy groups -OCH3 is 1. The fourth-order valence-electron chi connectivity index (χ4n) is 2.24. The zero-order valence-corrected chi connectivity index (χ0v) is 10.5. The van der Waals surface area contributed by atoms with E-state index >= 15 is 0 Å². The van der Waals surface area contributed by atoms with Crippen LogP contribution in [0.4, 0.5) is 0 Å². The average molecular weight is 234 g/mol. The maximum atomic E-state index is 5.13. The van der Waals surface area contributed by atoms with E-state index in [0.29, 0.717) is 0 Å². The molecule has 0 amide bonds. The highest BCUT2D eigenvalue weighted by Crippen LogP contribution is 2.12. The van der Waals surface area contributed by atoms with E-state index in [1.54, 1.807) is 7.11 Å². The lowest BCUT2D eigenvalue weighted by Crippen LogP contribution is -2.19. The van der Waals surface area contributed by atoms with Crippen LogP contribution in [0, 0.1) is 5.92 Å². The zero-order valence-electron chi connectivity index (χ0n) is 10.5. The van der Waals surface area contributed by atoms with E-state index in [1.807, 2.05) is 12.1 Å². The Morgan fingerprint density at radius 1 is 1.35 bits per heavy atom. The van der Waals surface area contributed by atoms with Gasteiger partial charge in [0.25, 0.3) is 0 Å². The molecule has 1 fully saturated rings. The summed E-state index contributed by atoms with van der Waals surface area (Å²) < 4.78 is 5.13. The first-order chi connectivity index (χ1) is 8.38. The lowest BCUT2D eigenvalue weighted by molar-refractivity contribution is 0.414. The smallest absolute Gasteiger partial charge is 0.118 e. The Balaban J connectivity index is 1.63. The monoisotopic (exact) mass is 234 g/mol. The van der Waals surface area contributed by atoms with Crippen LogP contribution < -0.4 is 15.4 Å². The molecule has 1 aliphatic rings. The Morgan fingerprint density at radius 3 is 2.82 bits per heavy atom. The molecular weight excluding hydrogens is 212 g/mol. The Kier molecular flexibility index (Phi) is 4.83. The first-order valence-corrected chi connectivity index (χ1v) is 6.43. The first kappa shape index (κ1) is 12.4. The molecule has 17 heavy (non-hydrogen) atoms. The van der Waals surface area contributed by atoms with Gasteiger partial charge in [0.2, 0.25) is 0 Å². The molecule has 94 valence electrons. The summed E-state index contributed by atoms with van der Waals surface area (Å²) in [6, 6.07) is 8.25. The van der Waals surface area contributed by atoms with Gasteiger partial charge in [0.1, 0.15) is 5.75 Å². The molecule has 1 heterocycles. The van der Waals surface area contributed by atoms with Gasteiger partial charge in [-0.3, -0.25) is 0 Å². The number of benzene rings is 1. The Bertz CT molecular complexity index is 317. The number of rotatable bonds is 6. The third kappa shape index (κ3) is 4.02. The van der Waals surface area contributed by atoms with Crippen molar-refractivity contribution in [3.8, 4) is 5.75 Å². The van der Waals surface area contributed by atoms with Gasteiger partial charge >= 0.3 is 0 Å². The summed E-state index contributed by atoms with van der Waals surface area (Å²) >= 11 is 0. The zero-order chi connectivity index (χ0) is 11.9. The van der Waals surface area contributed by atoms with Crippen LogP contribution in [-0.4, -0.2) is 26.7 Å². The van der Waals surface area contributed by atoms with Crippen molar-refractivity contribution in [2.45, 2.75) is 19.4 Å². The lowest BCUT2D eigenvalue weighted by Gasteiger charge is -2.09. The number of ether oxygens (including phenoxy) is 1. The minimum Gasteiger partial charge on any atom is -0.497 e. The van der Waals surface area contributed by atoms with Crippen LogP contribution >= 0.6 is 0 Å². The molecule has 2 N–H and O–H groups in total. The van der Waals surface area contributed by atoms with Gasteiger partial charge in [-0.2, -0.15) is 0 Å². The summed E-state index contributed by atoms with van der Waals surface area (Å²) in [6.45, 7) is 4.45. The van der Waals surface area contributed by atoms with Crippen LogP contribution in [0.1, 0.15) is 18.4 Å². The van der Waals surface area contributed by atoms with Gasteiger partial charge in [0, 0.05) is 6.54 Å². The fourth-order valence-corrected chi connectivity index (χ4v) is 2.24. The quantitative estimate of drug-likeness (QED) is 0.736. The van der Waals surface area contributed by atoms with Gasteiger partial charge in [-0.05, 0) is 56.1 Å². The van der Waals surface area contributed by atoms with Crippen LogP contribution in [-0.2, 0) is 6.54 Å². The van der Waals surface area contributed by atoms with Crippen molar-refractivity contribution in [3.05, 3.63) is 29.8 Å². The largest absolute Gasteiger partial charge is 0.497 e. The summed E-state index contributed by atoms with van der Waals surface area (Å²) in [5.41, 5.74) is 1.32. The molecule has 3 nitrogen and oxygen atoms in total. The highest BCUT2D eigenvalue weighted by atomic mass is 16.5. The molecule has 0 saturated carbocycles. The molecule has 0 bridgehead atoms. The van der Waals surface area contributed by atoms with E-state index in [4.69, 9.17) is 4.74 Å². The Hall–Kier alpha value is -1.06. The molecule has 0 aromatic heterocycles. The van der Waals surface area contributed by atoms with E-state index < -0.39 is 0 Å². The highest BCUT2D eigenvalue weighted by molar-refractivity contribution is 5.26. The van der Waals surface area contributed by atoms with Gasteiger partial charge in [-0.25, -0.2) is 0 Å². The average Bonchev–Trinajstić information content (AvgIpc) is 2.88. The van der Waals surface area contributed by atoms with Gasteiger partial charge in [0.05, 0.1) is 7.11 Å². The van der Waals surface area contributed by atoms with Gasteiger partial charge < -0.3 is 15.4 Å². The van der Waals surface area contributed by atoms with Crippen LogP contribution in [0.2, 0.25) is 0 Å². The van der Waals surface area contributed by atoms with Crippen molar-refractivity contribution in [2.24, 2.45) is 5.92 Å². The first-order valence-electron chi connectivity index (χ1n) is 6.43. The highest BCUT2D eigenvalue weighted by Gasteiger charge is 2.12. The number of nitrogens with one attached hydrogen (secondary N) is 2. The summed E-state index contributed by atoms with van der Waals surface area (Å²) in [5, 5.41) is 6.90. The minimum atomic E-state index is 0.873. The summed E-state index contributed by atoms with van der Waals surface area (Å²) in [4.78, 5) is 0. The van der Waals surface area contributed by atoms with E-state index in [2.05, 4.69) is 22.8 Å². The molecule has 0 spiro atoms. The van der Waals surface area contributed by atoms with Crippen molar-refractivity contribution in [1.82, 2.24) is 10.6 Å². The van der Waals surface area contributed by atoms with Gasteiger partial charge in [-0.1, -0.05) is 12.1 Å². The normalized spacial score (nSPS) is 19.5. The molecule has 1 aromatic carbocycles. The third-order valence-corrected chi connectivity index (χ3v) is 3.38. The molecule has 1 aromatic rings. The summed E-state index contributed by atoms with van der Waals surface area (Å²) in [6.07, 6.45) is 2.62. The summed E-state index contributed by atoms with van der Waals surface area (Å²) in [7, 11) is 1.70. The van der Waals surface area contributed by atoms with E-state index in [-0.39, 0.29) is 0 Å². The van der Waals surface area contributed by atoms with Crippen LogP contribution in [0.15, 0.2) is 24.3 Å². The minimum absolute atomic E-state index is 0.873. The molecule has 1 atom stereocenters. The Labute approximate surface area is 104 Å². The molecule has 3 heteroatoms. The molecule has 0 radical (unpaired) electrons. The van der Waals surface area contributed by atoms with E-state index in [1.165, 1.54) is 31.5 Å². The maximum Gasteiger partial charge on any atom is 0.118 e. The van der Waals surface area contributed by atoms with Crippen LogP contribution in [0.3, 0.4) is 0 Å². The van der Waals surface area contributed by atoms with Crippen LogP contribution in [0.25, 0.3) is 0 Å². The molecule has 2 rings (SSSR count). The van der Waals surface area contributed by atoms with E-state index in [0.717, 1.165) is 24.8 Å². The lowest BCUT2D eigenvalue weighted by atomic mass is 10.1. The standard InChI is InChI=1S/C14H22N2O/c1-17-14-4-2-12(3-5-14)10-15-8-6-13-7-9-16-11-13/h2-5,13,15-16H,6-11H2,1H3. The van der Waals surface area contributed by atoms with E-state index in [9.17, 15) is 0 Å². The van der Waals surface area contributed by atoms with Gasteiger partial charge in [-0.15, -0.1) is 0 Å². The Morgan fingerprint density at radius 2 is 2.18 bits per heavy atom. The molecular formula is C14H22N2O. The topological polar surface area (TPSA) is 33.3 Å². The fraction of sp³-hybridized carbons (Fsp3) is 0.571. The molecule has 1 unspecified atom stereocenters. The predicted molar refractivity (Wildman–Crippen MR) is 70.3 cm³/mol. The SMILES string of the molecule is COc1ccc(CNCCC2CCNC2)cc1. The molecule has 1 saturated heterocycles. The number of hydrogen-bond acceptors (Lipinski definition) is 3. The second-order valence-electron chi connectivity index (χ2n) is 4.67. The number of hydrogen-bond donors (Lipinski definition) is 2. The van der Waals surface area contributed by atoms with Crippen molar-refractivity contribution >= 4 is 0 Å². The summed E-state index contributed by atoms with van der Waals surface area (Å²) in [5.74, 6) is 1.80. The van der Waals surface area contributed by atoms with Crippen molar-refractivity contribution in [3.63, 3.8) is 0 Å². The van der Waals surface area contributed by atoms with Gasteiger partial charge in [0.15, 0.2) is 0 Å². The molecule has 1 aliphatic heterocycles. The maximum absolute atomic E-state index is 5.13. The van der Waals surface area contributed by atoms with Crippen LogP contribution in [0.5, 0.6) is 5.75 Å². The third-order valence-electron chi connectivity index (χ3n) is 3.38.